The first-order valence-corrected chi connectivity index (χ1v) is 6.17. The van der Waals surface area contributed by atoms with Crippen molar-refractivity contribution in [3.63, 3.8) is 0 Å². The zero-order chi connectivity index (χ0) is 13.2. The van der Waals surface area contributed by atoms with Crippen molar-refractivity contribution < 1.29 is 0 Å². The van der Waals surface area contributed by atoms with Crippen LogP contribution < -0.4 is 5.73 Å². The first-order valence-electron chi connectivity index (χ1n) is 6.17. The normalized spacial score (nSPS) is 12.7. The van der Waals surface area contributed by atoms with Crippen LogP contribution in [0.4, 0.5) is 0 Å². The van der Waals surface area contributed by atoms with E-state index >= 15 is 0 Å². The van der Waals surface area contributed by atoms with E-state index in [1.807, 2.05) is 31.3 Å². The zero-order valence-corrected chi connectivity index (χ0v) is 10.6. The van der Waals surface area contributed by atoms with E-state index in [2.05, 4.69) is 20.3 Å². The molecule has 0 aliphatic rings. The molecular weight excluding hydrogens is 240 g/mol. The summed E-state index contributed by atoms with van der Waals surface area (Å²) in [5.41, 5.74) is 9.32. The molecule has 0 spiro atoms. The summed E-state index contributed by atoms with van der Waals surface area (Å²) in [6.07, 6.45) is 6.04. The number of aromatic nitrogens is 5. The van der Waals surface area contributed by atoms with Gasteiger partial charge < -0.3 is 5.73 Å². The Morgan fingerprint density at radius 3 is 2.79 bits per heavy atom. The average Bonchev–Trinajstić information content (AvgIpc) is 2.95. The van der Waals surface area contributed by atoms with Crippen molar-refractivity contribution in [3.8, 4) is 5.69 Å². The van der Waals surface area contributed by atoms with E-state index in [1.54, 1.807) is 17.1 Å². The van der Waals surface area contributed by atoms with Gasteiger partial charge >= 0.3 is 0 Å². The van der Waals surface area contributed by atoms with Crippen LogP contribution in [0.2, 0.25) is 0 Å². The Balaban J connectivity index is 2.01. The molecule has 2 aromatic heterocycles. The van der Waals surface area contributed by atoms with Gasteiger partial charge in [-0.2, -0.15) is 0 Å². The predicted octanol–water partition coefficient (Wildman–Crippen LogP) is 1.62. The van der Waals surface area contributed by atoms with Crippen LogP contribution in [0.1, 0.15) is 25.1 Å². The molecule has 0 radical (unpaired) electrons. The van der Waals surface area contributed by atoms with Crippen LogP contribution in [0, 0.1) is 0 Å². The van der Waals surface area contributed by atoms with E-state index in [4.69, 9.17) is 5.73 Å². The Labute approximate surface area is 110 Å². The van der Waals surface area contributed by atoms with Gasteiger partial charge in [-0.1, -0.05) is 12.1 Å². The highest BCUT2D eigenvalue weighted by atomic mass is 15.4. The number of hydrogen-bond acceptors (Lipinski definition) is 5. The third kappa shape index (κ3) is 2.17. The molecule has 2 N–H and O–H groups in total. The summed E-state index contributed by atoms with van der Waals surface area (Å²) in [7, 11) is 0. The fraction of sp³-hybridized carbons (Fsp3) is 0.231. The minimum Gasteiger partial charge on any atom is -0.323 e. The highest BCUT2D eigenvalue weighted by Gasteiger charge is 2.09. The molecule has 0 bridgehead atoms. The van der Waals surface area contributed by atoms with E-state index in [1.165, 1.54) is 0 Å². The molecule has 0 fully saturated rings. The van der Waals surface area contributed by atoms with E-state index in [0.29, 0.717) is 0 Å². The maximum atomic E-state index is 5.94. The van der Waals surface area contributed by atoms with Crippen LogP contribution in [0.5, 0.6) is 0 Å². The lowest BCUT2D eigenvalue weighted by Crippen LogP contribution is -2.08. The summed E-state index contributed by atoms with van der Waals surface area (Å²) in [6.45, 7) is 2.02. The van der Waals surface area contributed by atoms with Crippen molar-refractivity contribution in [1.82, 2.24) is 25.0 Å². The number of rotatable bonds is 3. The monoisotopic (exact) mass is 254 g/mol. The fourth-order valence-electron chi connectivity index (χ4n) is 1.88. The molecule has 0 saturated heterocycles. The molecule has 0 saturated carbocycles. The molecule has 3 aromatic rings. The summed E-state index contributed by atoms with van der Waals surface area (Å²) in [4.78, 5) is 8.51. The first-order chi connectivity index (χ1) is 9.28. The number of fused-ring (bicyclic) bond motifs is 1. The second kappa shape index (κ2) is 4.74. The largest absolute Gasteiger partial charge is 0.323 e. The molecule has 96 valence electrons. The number of nitrogens with two attached hydrogens (primary N) is 1. The molecule has 6 nitrogen and oxygen atoms in total. The van der Waals surface area contributed by atoms with Gasteiger partial charge in [0.1, 0.15) is 0 Å². The van der Waals surface area contributed by atoms with Gasteiger partial charge in [0.25, 0.3) is 0 Å². The lowest BCUT2D eigenvalue weighted by molar-refractivity contribution is 0.670. The smallest absolute Gasteiger partial charge is 0.0998 e. The first kappa shape index (κ1) is 11.7. The maximum absolute atomic E-state index is 5.94. The SMILES string of the molecule is CCC(N)c1cn(-c2ccc3nccnc3c2)nn1. The summed E-state index contributed by atoms with van der Waals surface area (Å²) in [6, 6.07) is 5.71. The quantitative estimate of drug-likeness (QED) is 0.768. The summed E-state index contributed by atoms with van der Waals surface area (Å²) in [5, 5.41) is 8.20. The Hall–Kier alpha value is -2.34. The van der Waals surface area contributed by atoms with Gasteiger partial charge in [-0.3, -0.25) is 9.97 Å². The lowest BCUT2D eigenvalue weighted by atomic mass is 10.2. The molecular formula is C13H14N6. The topological polar surface area (TPSA) is 82.5 Å². The molecule has 1 unspecified atom stereocenters. The molecule has 0 amide bonds. The molecule has 6 heteroatoms. The molecule has 0 aliphatic heterocycles. The van der Waals surface area contributed by atoms with Crippen molar-refractivity contribution in [2.24, 2.45) is 5.73 Å². The van der Waals surface area contributed by atoms with Crippen LogP contribution in [-0.2, 0) is 0 Å². The van der Waals surface area contributed by atoms with E-state index < -0.39 is 0 Å². The molecule has 1 atom stereocenters. The fourth-order valence-corrected chi connectivity index (χ4v) is 1.88. The van der Waals surface area contributed by atoms with E-state index in [0.717, 1.165) is 28.8 Å². The number of hydrogen-bond donors (Lipinski definition) is 1. The third-order valence-electron chi connectivity index (χ3n) is 3.05. The molecule has 2 heterocycles. The summed E-state index contributed by atoms with van der Waals surface area (Å²) >= 11 is 0. The van der Waals surface area contributed by atoms with E-state index in [-0.39, 0.29) is 6.04 Å². The van der Waals surface area contributed by atoms with Crippen LogP contribution in [0.25, 0.3) is 16.7 Å². The van der Waals surface area contributed by atoms with Gasteiger partial charge in [-0.05, 0) is 24.6 Å². The average molecular weight is 254 g/mol. The summed E-state index contributed by atoms with van der Waals surface area (Å²) < 4.78 is 1.71. The van der Waals surface area contributed by atoms with Gasteiger partial charge in [0.05, 0.1) is 34.7 Å². The highest BCUT2D eigenvalue weighted by molar-refractivity contribution is 5.76. The second-order valence-corrected chi connectivity index (χ2v) is 4.33. The Morgan fingerprint density at radius 2 is 2.00 bits per heavy atom. The van der Waals surface area contributed by atoms with Crippen molar-refractivity contribution in [1.29, 1.82) is 0 Å². The van der Waals surface area contributed by atoms with Gasteiger partial charge in [0, 0.05) is 12.4 Å². The van der Waals surface area contributed by atoms with Crippen molar-refractivity contribution in [2.45, 2.75) is 19.4 Å². The Kier molecular flexibility index (Phi) is 2.92. The standard InChI is InChI=1S/C13H14N6/c1-2-10(14)13-8-19(18-17-13)9-3-4-11-12(7-9)16-6-5-15-11/h3-8,10H,2,14H2,1H3. The van der Waals surface area contributed by atoms with Gasteiger partial charge in [-0.25, -0.2) is 4.68 Å². The highest BCUT2D eigenvalue weighted by Crippen LogP contribution is 2.16. The zero-order valence-electron chi connectivity index (χ0n) is 10.6. The third-order valence-corrected chi connectivity index (χ3v) is 3.05. The van der Waals surface area contributed by atoms with Crippen LogP contribution in [0.3, 0.4) is 0 Å². The van der Waals surface area contributed by atoms with Crippen LogP contribution in [-0.4, -0.2) is 25.0 Å². The van der Waals surface area contributed by atoms with Crippen LogP contribution in [0.15, 0.2) is 36.8 Å². The van der Waals surface area contributed by atoms with Gasteiger partial charge in [0.2, 0.25) is 0 Å². The predicted molar refractivity (Wildman–Crippen MR) is 71.7 cm³/mol. The second-order valence-electron chi connectivity index (χ2n) is 4.33. The molecule has 3 rings (SSSR count). The molecule has 19 heavy (non-hydrogen) atoms. The molecule has 1 aromatic carbocycles. The minimum atomic E-state index is -0.0750. The van der Waals surface area contributed by atoms with Crippen molar-refractivity contribution >= 4 is 11.0 Å². The minimum absolute atomic E-state index is 0.0750. The lowest BCUT2D eigenvalue weighted by Gasteiger charge is -2.03. The Bertz CT molecular complexity index is 705. The van der Waals surface area contributed by atoms with Gasteiger partial charge in [-0.15, -0.1) is 5.10 Å². The van der Waals surface area contributed by atoms with Crippen molar-refractivity contribution in [2.75, 3.05) is 0 Å². The molecule has 0 aliphatic carbocycles. The Morgan fingerprint density at radius 1 is 1.21 bits per heavy atom. The van der Waals surface area contributed by atoms with Gasteiger partial charge in [0.15, 0.2) is 0 Å². The van der Waals surface area contributed by atoms with Crippen LogP contribution >= 0.6 is 0 Å². The maximum Gasteiger partial charge on any atom is 0.0998 e. The van der Waals surface area contributed by atoms with E-state index in [9.17, 15) is 0 Å². The number of benzene rings is 1. The summed E-state index contributed by atoms with van der Waals surface area (Å²) in [5.74, 6) is 0. The van der Waals surface area contributed by atoms with Crippen molar-refractivity contribution in [3.05, 3.63) is 42.5 Å². The number of nitrogens with zero attached hydrogens (tertiary/aromatic N) is 5.